The summed E-state index contributed by atoms with van der Waals surface area (Å²) < 4.78 is 81.0. The van der Waals surface area contributed by atoms with Crippen molar-refractivity contribution in [1.82, 2.24) is 44.4 Å². The molecule has 3 heterocycles. The van der Waals surface area contributed by atoms with Gasteiger partial charge in [-0.05, 0) is 110 Å². The lowest BCUT2D eigenvalue weighted by Gasteiger charge is -2.16. The smallest absolute Gasteiger partial charge is 0.419 e. The molecule has 0 saturated carbocycles. The number of carbonyl (C=O) groups excluding carboxylic acids is 4. The van der Waals surface area contributed by atoms with Gasteiger partial charge in [0.15, 0.2) is 24.9 Å². The molecule has 5 N–H and O–H groups in total. The SMILES string of the molecule is C[Si](C)(C)CCOCn1cnc(COC(=O)N[C@H]2CCc3c(C(=O)Nc4ccc(F)c(Cl)c4)ccc(F)c32)n1.C[Si](C)(C)CCOCn1cnc(COC(=O)n2ccnc2)n1.Cl.N[C@H]1CCc2c(C(=O)Nc3ccc(F)c(Cl)c3)ccc(F)c21. The average Bonchev–Trinajstić information content (AvgIpc) is 4.14. The van der Waals surface area contributed by atoms with E-state index in [4.69, 9.17) is 47.9 Å². The van der Waals surface area contributed by atoms with E-state index in [2.05, 4.69) is 80.4 Å². The number of hydrogen-bond donors (Lipinski definition) is 4. The van der Waals surface area contributed by atoms with E-state index in [1.807, 2.05) is 0 Å². The van der Waals surface area contributed by atoms with Gasteiger partial charge in [-0.25, -0.2) is 56.0 Å². The first-order chi connectivity index (χ1) is 39.4. The van der Waals surface area contributed by atoms with Crippen molar-refractivity contribution in [3.63, 3.8) is 0 Å². The number of amides is 3. The molecule has 4 aromatic carbocycles. The van der Waals surface area contributed by atoms with Crippen LogP contribution in [0.2, 0.25) is 61.4 Å². The van der Waals surface area contributed by atoms with Crippen molar-refractivity contribution in [2.24, 2.45) is 5.73 Å². The Balaban J connectivity index is 0.000000215. The number of rotatable bonds is 19. The summed E-state index contributed by atoms with van der Waals surface area (Å²) in [7, 11) is -2.26. The van der Waals surface area contributed by atoms with E-state index >= 15 is 0 Å². The minimum Gasteiger partial charge on any atom is -0.441 e. The van der Waals surface area contributed by atoms with Crippen LogP contribution in [0, 0.1) is 23.3 Å². The zero-order valence-electron chi connectivity index (χ0n) is 46.9. The lowest BCUT2D eigenvalue weighted by molar-refractivity contribution is 0.0773. The minimum absolute atomic E-state index is 0. The molecule has 2 atom stereocenters. The highest BCUT2D eigenvalue weighted by Gasteiger charge is 2.32. The number of nitrogens with one attached hydrogen (secondary N) is 3. The van der Waals surface area contributed by atoms with E-state index in [1.54, 1.807) is 11.0 Å². The third-order valence-corrected chi connectivity index (χ3v) is 16.8. The number of nitrogens with zero attached hydrogens (tertiary/aromatic N) is 8. The fraction of sp³-hybridized carbons (Fsp3) is 0.364. The highest BCUT2D eigenvalue weighted by atomic mass is 35.5. The van der Waals surface area contributed by atoms with E-state index in [0.29, 0.717) is 84.3 Å². The Morgan fingerprint density at radius 2 is 1.13 bits per heavy atom. The standard InChI is InChI=1S/C26H30ClF2N5O4Si.C16H13ClF2N2O.C13H21N5O3Si.ClH/c1-39(2,3)11-10-37-15-34-14-30-23(33-34)13-38-26(36)32-22-9-6-17-18(5-8-21(29)24(17)22)25(35)31-16-4-7-20(28)19(27)12-16;17-11-7-8(1-4-12(11)18)21-16(22)10-2-5-13(19)15-9(10)3-6-14(15)20;1-22(2,3)7-6-20-11-18-10-15-12(16-18)8-21-13(19)17-5-4-14-9-17;/h4-5,7-8,12,14,22H,6,9-11,13,15H2,1-3H3,(H,31,35)(H,32,36);1-2,4-5,7,14H,3,6,20H2,(H,21,22);4-5,9-10H,6-8,11H2,1-3H3;1H/t22-;14-;;/m00../s1. The Morgan fingerprint density at radius 3 is 1.62 bits per heavy atom. The minimum atomic E-state index is -1.18. The Kier molecular flexibility index (Phi) is 23.7. The second-order valence-electron chi connectivity index (χ2n) is 21.7. The fourth-order valence-corrected chi connectivity index (χ4v) is 10.3. The summed E-state index contributed by atoms with van der Waals surface area (Å²) in [6.45, 7) is 15.5. The molecule has 0 saturated heterocycles. The van der Waals surface area contributed by atoms with Gasteiger partial charge in [-0.15, -0.1) is 12.4 Å². The lowest BCUT2D eigenvalue weighted by atomic mass is 10.0. The largest absolute Gasteiger partial charge is 0.441 e. The van der Waals surface area contributed by atoms with Crippen LogP contribution in [-0.4, -0.2) is 92.4 Å². The van der Waals surface area contributed by atoms with Crippen LogP contribution in [0.4, 0.5) is 38.5 Å². The molecule has 2 aliphatic rings. The normalized spacial score (nSPS) is 14.2. The van der Waals surface area contributed by atoms with Crippen molar-refractivity contribution in [3.05, 3.63) is 170 Å². The number of anilines is 2. The van der Waals surface area contributed by atoms with Crippen LogP contribution in [0.25, 0.3) is 0 Å². The van der Waals surface area contributed by atoms with Crippen molar-refractivity contribution in [2.45, 2.75) is 116 Å². The number of nitrogens with two attached hydrogens (primary N) is 1. The molecule has 0 spiro atoms. The molecular weight excluding hydrogens is 1200 g/mol. The van der Waals surface area contributed by atoms with Crippen LogP contribution < -0.4 is 21.7 Å². The first kappa shape index (κ1) is 66.1. The van der Waals surface area contributed by atoms with Crippen molar-refractivity contribution in [1.29, 1.82) is 0 Å². The van der Waals surface area contributed by atoms with Gasteiger partial charge in [0.2, 0.25) is 0 Å². The maximum Gasteiger partial charge on any atom is 0.419 e. The molecule has 29 heteroatoms. The number of carbonyl (C=O) groups is 4. The van der Waals surface area contributed by atoms with Crippen LogP contribution in [-0.2, 0) is 58.5 Å². The molecule has 3 aromatic heterocycles. The predicted molar refractivity (Wildman–Crippen MR) is 314 cm³/mol. The van der Waals surface area contributed by atoms with E-state index in [9.17, 15) is 36.7 Å². The molecule has 0 radical (unpaired) electrons. The van der Waals surface area contributed by atoms with E-state index < -0.39 is 63.6 Å². The molecule has 0 aliphatic heterocycles. The summed E-state index contributed by atoms with van der Waals surface area (Å²) in [4.78, 5) is 61.3. The van der Waals surface area contributed by atoms with Crippen LogP contribution in [0.3, 0.4) is 0 Å². The highest BCUT2D eigenvalue weighted by molar-refractivity contribution is 6.76. The molecular formula is C55H65Cl3F4N12O8Si2. The summed E-state index contributed by atoms with van der Waals surface area (Å²) in [6.07, 6.45) is 8.11. The molecule has 3 amide bonds. The summed E-state index contributed by atoms with van der Waals surface area (Å²) >= 11 is 11.5. The Labute approximate surface area is 500 Å². The monoisotopic (exact) mass is 1260 g/mol. The maximum absolute atomic E-state index is 14.8. The first-order valence-electron chi connectivity index (χ1n) is 26.3. The molecule has 2 aliphatic carbocycles. The van der Waals surface area contributed by atoms with E-state index in [-0.39, 0.29) is 65.4 Å². The number of ether oxygens (including phenoxy) is 4. The van der Waals surface area contributed by atoms with Crippen molar-refractivity contribution in [3.8, 4) is 0 Å². The summed E-state index contributed by atoms with van der Waals surface area (Å²) in [6, 6.07) is 14.0. The number of halogens is 7. The van der Waals surface area contributed by atoms with Gasteiger partial charge in [-0.2, -0.15) is 10.2 Å². The van der Waals surface area contributed by atoms with Crippen molar-refractivity contribution >= 4 is 87.1 Å². The van der Waals surface area contributed by atoms with Gasteiger partial charge < -0.3 is 40.6 Å². The second-order valence-corrected chi connectivity index (χ2v) is 33.8. The van der Waals surface area contributed by atoms with Crippen molar-refractivity contribution < 1.29 is 55.7 Å². The van der Waals surface area contributed by atoms with Gasteiger partial charge in [0, 0.05) is 81.4 Å². The number of alkyl carbamates (subject to hydrolysis) is 1. The Bertz CT molecular complexity index is 3400. The number of hydrogen-bond acceptors (Lipinski definition) is 14. The first-order valence-corrected chi connectivity index (χ1v) is 34.5. The van der Waals surface area contributed by atoms with Gasteiger partial charge in [0.1, 0.15) is 55.7 Å². The predicted octanol–water partition coefficient (Wildman–Crippen LogP) is 11.9. The Morgan fingerprint density at radius 1 is 0.655 bits per heavy atom. The lowest BCUT2D eigenvalue weighted by Crippen LogP contribution is -2.28. The topological polar surface area (TPSA) is 247 Å². The Hall–Kier alpha value is -7.05. The van der Waals surface area contributed by atoms with Gasteiger partial charge >= 0.3 is 12.2 Å². The highest BCUT2D eigenvalue weighted by Crippen LogP contribution is 2.37. The van der Waals surface area contributed by atoms with Crippen LogP contribution in [0.15, 0.2) is 92.0 Å². The van der Waals surface area contributed by atoms with Crippen molar-refractivity contribution in [2.75, 3.05) is 23.8 Å². The van der Waals surface area contributed by atoms with Gasteiger partial charge in [-0.1, -0.05) is 62.5 Å². The summed E-state index contributed by atoms with van der Waals surface area (Å²) in [5, 5.41) is 16.1. The summed E-state index contributed by atoms with van der Waals surface area (Å²) in [5.74, 6) is -2.25. The molecule has 0 unspecified atom stereocenters. The fourth-order valence-electron chi connectivity index (χ4n) is 8.46. The number of benzene rings is 4. The second kappa shape index (κ2) is 30.2. The van der Waals surface area contributed by atoms with E-state index in [0.717, 1.165) is 24.8 Å². The molecule has 20 nitrogen and oxygen atoms in total. The average molecular weight is 1260 g/mol. The maximum atomic E-state index is 14.8. The number of fused-ring (bicyclic) bond motifs is 2. The molecule has 9 rings (SSSR count). The number of imidazole rings is 1. The van der Waals surface area contributed by atoms with Gasteiger partial charge in [-0.3, -0.25) is 9.59 Å². The molecule has 7 aromatic rings. The third kappa shape index (κ3) is 19.2. The molecule has 0 bridgehead atoms. The van der Waals surface area contributed by atoms with Crippen LogP contribution in [0.1, 0.15) is 79.5 Å². The third-order valence-electron chi connectivity index (χ3n) is 12.8. The molecule has 450 valence electrons. The number of aromatic nitrogens is 8. The zero-order valence-corrected chi connectivity index (χ0v) is 51.2. The quantitative estimate of drug-likeness (QED) is 0.0334. The van der Waals surface area contributed by atoms with Gasteiger partial charge in [0.05, 0.1) is 16.1 Å². The molecule has 0 fully saturated rings. The molecule has 84 heavy (non-hydrogen) atoms. The zero-order chi connectivity index (χ0) is 60.0. The van der Waals surface area contributed by atoms with Gasteiger partial charge in [0.25, 0.3) is 11.8 Å². The summed E-state index contributed by atoms with van der Waals surface area (Å²) in [5.41, 5.74) is 8.94. The van der Waals surface area contributed by atoms with Crippen LogP contribution >= 0.6 is 35.6 Å². The van der Waals surface area contributed by atoms with Crippen LogP contribution in [0.5, 0.6) is 0 Å². The van der Waals surface area contributed by atoms with E-state index in [1.165, 1.54) is 88.9 Å².